The average Bonchev–Trinajstić information content (AvgIpc) is 2.32. The second-order valence-corrected chi connectivity index (χ2v) is 4.27. The maximum absolute atomic E-state index is 10.8. The summed E-state index contributed by atoms with van der Waals surface area (Å²) in [5.41, 5.74) is 0.173. The Kier molecular flexibility index (Phi) is 3.52. The SMILES string of the molecule is O=C(O)c1cccc(Oc2ncncc2I)c1. The number of carbonyl (C=O) groups is 1. The van der Waals surface area contributed by atoms with Crippen molar-refractivity contribution in [3.05, 3.63) is 45.9 Å². The number of hydrogen-bond donors (Lipinski definition) is 1. The van der Waals surface area contributed by atoms with Gasteiger partial charge in [-0.05, 0) is 40.8 Å². The molecule has 6 heteroatoms. The summed E-state index contributed by atoms with van der Waals surface area (Å²) in [6.07, 6.45) is 2.99. The number of aromatic carboxylic acids is 1. The first-order valence-electron chi connectivity index (χ1n) is 4.63. The Morgan fingerprint density at radius 3 is 2.94 bits per heavy atom. The van der Waals surface area contributed by atoms with E-state index in [1.807, 2.05) is 22.6 Å². The first-order valence-corrected chi connectivity index (χ1v) is 5.71. The number of aromatic nitrogens is 2. The molecule has 0 saturated heterocycles. The van der Waals surface area contributed by atoms with Crippen LogP contribution < -0.4 is 4.74 Å². The summed E-state index contributed by atoms with van der Waals surface area (Å²) in [5, 5.41) is 8.85. The molecule has 0 aliphatic carbocycles. The molecule has 0 fully saturated rings. The van der Waals surface area contributed by atoms with Gasteiger partial charge in [0, 0.05) is 6.20 Å². The van der Waals surface area contributed by atoms with Gasteiger partial charge in [-0.15, -0.1) is 0 Å². The van der Waals surface area contributed by atoms with E-state index in [1.165, 1.54) is 18.5 Å². The molecule has 86 valence electrons. The Balaban J connectivity index is 2.28. The lowest BCUT2D eigenvalue weighted by Crippen LogP contribution is -1.97. The number of ether oxygens (including phenoxy) is 1. The highest BCUT2D eigenvalue weighted by molar-refractivity contribution is 14.1. The van der Waals surface area contributed by atoms with Gasteiger partial charge < -0.3 is 9.84 Å². The zero-order valence-corrected chi connectivity index (χ0v) is 10.7. The maximum Gasteiger partial charge on any atom is 0.335 e. The van der Waals surface area contributed by atoms with Gasteiger partial charge in [0.25, 0.3) is 0 Å². The third kappa shape index (κ3) is 2.90. The molecule has 0 saturated carbocycles. The summed E-state index contributed by atoms with van der Waals surface area (Å²) < 4.78 is 6.23. The van der Waals surface area contributed by atoms with Crippen molar-refractivity contribution in [2.45, 2.75) is 0 Å². The number of rotatable bonds is 3. The van der Waals surface area contributed by atoms with Crippen LogP contribution in [0.25, 0.3) is 0 Å². The van der Waals surface area contributed by atoms with Crippen LogP contribution in [0, 0.1) is 3.57 Å². The summed E-state index contributed by atoms with van der Waals surface area (Å²) in [5.74, 6) is -0.155. The van der Waals surface area contributed by atoms with E-state index in [0.29, 0.717) is 11.6 Å². The monoisotopic (exact) mass is 342 g/mol. The molecule has 0 radical (unpaired) electrons. The highest BCUT2D eigenvalue weighted by Crippen LogP contribution is 2.23. The molecule has 1 aromatic heterocycles. The molecule has 2 aromatic rings. The van der Waals surface area contributed by atoms with Crippen molar-refractivity contribution >= 4 is 28.6 Å². The average molecular weight is 342 g/mol. The molecule has 0 amide bonds. The van der Waals surface area contributed by atoms with Gasteiger partial charge in [-0.25, -0.2) is 14.8 Å². The summed E-state index contributed by atoms with van der Waals surface area (Å²) in [7, 11) is 0. The van der Waals surface area contributed by atoms with Gasteiger partial charge in [-0.1, -0.05) is 6.07 Å². The Labute approximate surface area is 111 Å². The van der Waals surface area contributed by atoms with Crippen LogP contribution in [0.2, 0.25) is 0 Å². The molecule has 0 bridgehead atoms. The Morgan fingerprint density at radius 2 is 2.24 bits per heavy atom. The quantitative estimate of drug-likeness (QED) is 0.868. The summed E-state index contributed by atoms with van der Waals surface area (Å²) >= 11 is 2.04. The minimum Gasteiger partial charge on any atom is -0.478 e. The second kappa shape index (κ2) is 5.09. The van der Waals surface area contributed by atoms with E-state index in [4.69, 9.17) is 9.84 Å². The minimum absolute atomic E-state index is 0.173. The Morgan fingerprint density at radius 1 is 1.41 bits per heavy atom. The van der Waals surface area contributed by atoms with Gasteiger partial charge in [0.05, 0.1) is 9.13 Å². The molecule has 1 heterocycles. The lowest BCUT2D eigenvalue weighted by molar-refractivity contribution is 0.0696. The summed E-state index contributed by atoms with van der Waals surface area (Å²) in [4.78, 5) is 18.6. The molecule has 17 heavy (non-hydrogen) atoms. The van der Waals surface area contributed by atoms with Gasteiger partial charge in [-0.3, -0.25) is 0 Å². The van der Waals surface area contributed by atoms with Gasteiger partial charge >= 0.3 is 5.97 Å². The third-order valence-electron chi connectivity index (χ3n) is 1.93. The predicted molar refractivity (Wildman–Crippen MR) is 68.2 cm³/mol. The number of nitrogens with zero attached hydrogens (tertiary/aromatic N) is 2. The van der Waals surface area contributed by atoms with Crippen LogP contribution in [0.1, 0.15) is 10.4 Å². The highest BCUT2D eigenvalue weighted by Gasteiger charge is 2.07. The summed E-state index contributed by atoms with van der Waals surface area (Å²) in [6, 6.07) is 6.23. The zero-order valence-electron chi connectivity index (χ0n) is 8.50. The fraction of sp³-hybridized carbons (Fsp3) is 0. The Bertz CT molecular complexity index is 560. The van der Waals surface area contributed by atoms with Crippen molar-refractivity contribution in [1.29, 1.82) is 0 Å². The number of benzene rings is 1. The van der Waals surface area contributed by atoms with Crippen molar-refractivity contribution in [1.82, 2.24) is 9.97 Å². The zero-order chi connectivity index (χ0) is 12.3. The van der Waals surface area contributed by atoms with E-state index in [1.54, 1.807) is 18.3 Å². The van der Waals surface area contributed by atoms with E-state index in [-0.39, 0.29) is 5.56 Å². The smallest absolute Gasteiger partial charge is 0.335 e. The van der Waals surface area contributed by atoms with E-state index >= 15 is 0 Å². The van der Waals surface area contributed by atoms with E-state index in [0.717, 1.165) is 3.57 Å². The lowest BCUT2D eigenvalue weighted by Gasteiger charge is -2.06. The highest BCUT2D eigenvalue weighted by atomic mass is 127. The van der Waals surface area contributed by atoms with Gasteiger partial charge in [0.2, 0.25) is 5.88 Å². The van der Waals surface area contributed by atoms with Gasteiger partial charge in [-0.2, -0.15) is 0 Å². The topological polar surface area (TPSA) is 72.3 Å². The molecule has 0 atom stereocenters. The van der Waals surface area contributed by atoms with Crippen LogP contribution in [0.3, 0.4) is 0 Å². The predicted octanol–water partition coefficient (Wildman–Crippen LogP) is 2.57. The van der Waals surface area contributed by atoms with Crippen molar-refractivity contribution < 1.29 is 14.6 Å². The lowest BCUT2D eigenvalue weighted by atomic mass is 10.2. The van der Waals surface area contributed by atoms with Crippen LogP contribution in [-0.4, -0.2) is 21.0 Å². The fourth-order valence-corrected chi connectivity index (χ4v) is 1.59. The number of halogens is 1. The largest absolute Gasteiger partial charge is 0.478 e. The number of hydrogen-bond acceptors (Lipinski definition) is 4. The van der Waals surface area contributed by atoms with Gasteiger partial charge in [0.1, 0.15) is 12.1 Å². The normalized spacial score (nSPS) is 9.94. The summed E-state index contributed by atoms with van der Waals surface area (Å²) in [6.45, 7) is 0. The minimum atomic E-state index is -0.993. The van der Waals surface area contributed by atoms with Crippen molar-refractivity contribution in [2.24, 2.45) is 0 Å². The molecular weight excluding hydrogens is 335 g/mol. The molecule has 0 spiro atoms. The molecule has 0 aliphatic rings. The number of carboxylic acid groups (broad SMARTS) is 1. The first-order chi connectivity index (χ1) is 8.16. The van der Waals surface area contributed by atoms with E-state index in [9.17, 15) is 4.79 Å². The van der Waals surface area contributed by atoms with Crippen LogP contribution >= 0.6 is 22.6 Å². The molecule has 1 aromatic carbocycles. The molecule has 0 aliphatic heterocycles. The van der Waals surface area contributed by atoms with Crippen LogP contribution in [0.15, 0.2) is 36.8 Å². The van der Waals surface area contributed by atoms with Crippen molar-refractivity contribution in [3.63, 3.8) is 0 Å². The van der Waals surface area contributed by atoms with E-state index in [2.05, 4.69) is 9.97 Å². The van der Waals surface area contributed by atoms with Crippen molar-refractivity contribution in [3.8, 4) is 11.6 Å². The van der Waals surface area contributed by atoms with Crippen molar-refractivity contribution in [2.75, 3.05) is 0 Å². The third-order valence-corrected chi connectivity index (χ3v) is 2.67. The first kappa shape index (κ1) is 11.8. The van der Waals surface area contributed by atoms with Crippen LogP contribution in [0.4, 0.5) is 0 Å². The number of carboxylic acids is 1. The van der Waals surface area contributed by atoms with Crippen LogP contribution in [0.5, 0.6) is 11.6 Å². The van der Waals surface area contributed by atoms with Gasteiger partial charge in [0.15, 0.2) is 0 Å². The molecule has 5 nitrogen and oxygen atoms in total. The maximum atomic E-state index is 10.8. The van der Waals surface area contributed by atoms with Crippen LogP contribution in [-0.2, 0) is 0 Å². The molecule has 0 unspecified atom stereocenters. The molecule has 1 N–H and O–H groups in total. The molecule has 2 rings (SSSR count). The molecular formula is C11H7IN2O3. The second-order valence-electron chi connectivity index (χ2n) is 3.11. The Hall–Kier alpha value is -1.70. The fourth-order valence-electron chi connectivity index (χ4n) is 1.18. The van der Waals surface area contributed by atoms with E-state index < -0.39 is 5.97 Å². The standard InChI is InChI=1S/C11H7IN2O3/c12-9-5-13-6-14-10(9)17-8-3-1-2-7(4-8)11(15)16/h1-6H,(H,15,16).